The van der Waals surface area contributed by atoms with Crippen molar-refractivity contribution in [3.63, 3.8) is 0 Å². The molecule has 8 heteroatoms. The normalized spacial score (nSPS) is 19.2. The molecule has 3 N–H and O–H groups in total. The maximum Gasteiger partial charge on any atom is 0.321 e. The van der Waals surface area contributed by atoms with Crippen molar-refractivity contribution in [2.45, 2.75) is 46.6 Å². The SMILES string of the molecule is CC1=NCC(C)=C1NC(=O)N1CCC(C(C)(C)C(O)c2cc(Cl)cc3cn[nH]c23)CC1. The van der Waals surface area contributed by atoms with E-state index in [4.69, 9.17) is 11.6 Å². The Labute approximate surface area is 187 Å². The molecule has 1 atom stereocenters. The van der Waals surface area contributed by atoms with E-state index in [-0.39, 0.29) is 17.4 Å². The van der Waals surface area contributed by atoms with Crippen LogP contribution in [0.3, 0.4) is 0 Å². The molecule has 1 saturated heterocycles. The molecule has 0 bridgehead atoms. The number of hydrogen-bond acceptors (Lipinski definition) is 4. The third kappa shape index (κ3) is 4.08. The minimum Gasteiger partial charge on any atom is -0.388 e. The van der Waals surface area contributed by atoms with Crippen molar-refractivity contribution in [2.75, 3.05) is 19.6 Å². The predicted octanol–water partition coefficient (Wildman–Crippen LogP) is 4.45. The van der Waals surface area contributed by atoms with Crippen molar-refractivity contribution in [3.05, 3.63) is 40.2 Å². The molecule has 1 aromatic heterocycles. The van der Waals surface area contributed by atoms with Crippen LogP contribution in [-0.2, 0) is 0 Å². The summed E-state index contributed by atoms with van der Waals surface area (Å²) in [6.45, 7) is 10.1. The van der Waals surface area contributed by atoms with Gasteiger partial charge in [-0.3, -0.25) is 10.1 Å². The fraction of sp³-hybridized carbons (Fsp3) is 0.522. The number of carbonyl (C=O) groups is 1. The van der Waals surface area contributed by atoms with Crippen molar-refractivity contribution in [3.8, 4) is 0 Å². The van der Waals surface area contributed by atoms with Crippen LogP contribution < -0.4 is 5.32 Å². The number of likely N-dealkylation sites (tertiary alicyclic amines) is 1. The minimum atomic E-state index is -0.704. The van der Waals surface area contributed by atoms with Gasteiger partial charge < -0.3 is 15.3 Å². The first-order valence-corrected chi connectivity index (χ1v) is 11.1. The van der Waals surface area contributed by atoms with E-state index < -0.39 is 6.10 Å². The second kappa shape index (κ2) is 8.28. The molecule has 3 heterocycles. The van der Waals surface area contributed by atoms with Gasteiger partial charge in [0.2, 0.25) is 0 Å². The lowest BCUT2D eigenvalue weighted by molar-refractivity contribution is -0.0142. The predicted molar refractivity (Wildman–Crippen MR) is 123 cm³/mol. The zero-order valence-corrected chi connectivity index (χ0v) is 19.3. The van der Waals surface area contributed by atoms with Gasteiger partial charge in [0.05, 0.1) is 35.8 Å². The third-order valence-corrected chi connectivity index (χ3v) is 7.17. The van der Waals surface area contributed by atoms with Gasteiger partial charge in [0.15, 0.2) is 0 Å². The summed E-state index contributed by atoms with van der Waals surface area (Å²) < 4.78 is 0. The number of aliphatic imine (C=N–C) groups is 1. The van der Waals surface area contributed by atoms with Gasteiger partial charge in [-0.15, -0.1) is 0 Å². The minimum absolute atomic E-state index is 0.0726. The van der Waals surface area contributed by atoms with Crippen LogP contribution in [0.1, 0.15) is 52.2 Å². The summed E-state index contributed by atoms with van der Waals surface area (Å²) in [6.07, 6.45) is 2.67. The summed E-state index contributed by atoms with van der Waals surface area (Å²) in [6, 6.07) is 3.59. The number of amides is 2. The van der Waals surface area contributed by atoms with E-state index in [2.05, 4.69) is 34.4 Å². The van der Waals surface area contributed by atoms with Gasteiger partial charge in [0.1, 0.15) is 0 Å². The topological polar surface area (TPSA) is 93.6 Å². The molecule has 166 valence electrons. The summed E-state index contributed by atoms with van der Waals surface area (Å²) >= 11 is 6.29. The number of nitrogens with one attached hydrogen (secondary N) is 2. The van der Waals surface area contributed by atoms with E-state index in [0.29, 0.717) is 24.7 Å². The summed E-state index contributed by atoms with van der Waals surface area (Å²) in [5.74, 6) is 0.263. The van der Waals surface area contributed by atoms with Crippen LogP contribution in [0.2, 0.25) is 5.02 Å². The van der Waals surface area contributed by atoms with E-state index in [1.807, 2.05) is 30.9 Å². The maximum atomic E-state index is 12.8. The average molecular weight is 444 g/mol. The molecule has 2 aromatic rings. The quantitative estimate of drug-likeness (QED) is 0.651. The van der Waals surface area contributed by atoms with E-state index >= 15 is 0 Å². The van der Waals surface area contributed by atoms with Crippen LogP contribution in [0.5, 0.6) is 0 Å². The third-order valence-electron chi connectivity index (χ3n) is 6.95. The number of urea groups is 1. The van der Waals surface area contributed by atoms with E-state index in [0.717, 1.165) is 46.3 Å². The Hall–Kier alpha value is -2.38. The Morgan fingerprint density at radius 2 is 2.03 bits per heavy atom. The molecule has 0 aliphatic carbocycles. The Bertz CT molecular complexity index is 1060. The number of aliphatic hydroxyl groups excluding tert-OH is 1. The Morgan fingerprint density at radius 3 is 2.68 bits per heavy atom. The molecule has 2 aliphatic rings. The molecule has 1 unspecified atom stereocenters. The fourth-order valence-electron chi connectivity index (χ4n) is 4.80. The first kappa shape index (κ1) is 21.8. The largest absolute Gasteiger partial charge is 0.388 e. The Morgan fingerprint density at radius 1 is 1.32 bits per heavy atom. The molecule has 0 saturated carbocycles. The van der Waals surface area contributed by atoms with Crippen LogP contribution in [0.4, 0.5) is 4.79 Å². The second-order valence-corrected chi connectivity index (χ2v) is 9.74. The van der Waals surface area contributed by atoms with Crippen molar-refractivity contribution in [1.82, 2.24) is 20.4 Å². The van der Waals surface area contributed by atoms with E-state index in [9.17, 15) is 9.90 Å². The fourth-order valence-corrected chi connectivity index (χ4v) is 5.04. The molecule has 4 rings (SSSR count). The first-order chi connectivity index (χ1) is 14.7. The van der Waals surface area contributed by atoms with Gasteiger partial charge in [-0.2, -0.15) is 5.10 Å². The lowest BCUT2D eigenvalue weighted by atomic mass is 9.68. The van der Waals surface area contributed by atoms with Crippen LogP contribution in [0.25, 0.3) is 10.9 Å². The number of aromatic nitrogens is 2. The number of fused-ring (bicyclic) bond motifs is 1. The second-order valence-electron chi connectivity index (χ2n) is 9.30. The van der Waals surface area contributed by atoms with Crippen molar-refractivity contribution in [2.24, 2.45) is 16.3 Å². The smallest absolute Gasteiger partial charge is 0.321 e. The zero-order chi connectivity index (χ0) is 22.3. The molecule has 2 amide bonds. The van der Waals surface area contributed by atoms with Crippen LogP contribution in [0.15, 0.2) is 34.6 Å². The standard InChI is InChI=1S/C23H30ClN5O2/c1-13-11-25-14(2)19(13)27-22(31)29-7-5-16(6-8-29)23(3,4)21(30)18-10-17(24)9-15-12-26-28-20(15)18/h9-10,12,16,21,30H,5-8,11H2,1-4H3,(H,26,28)(H,27,31). The van der Waals surface area contributed by atoms with Crippen LogP contribution in [0, 0.1) is 11.3 Å². The molecule has 0 spiro atoms. The summed E-state index contributed by atoms with van der Waals surface area (Å²) in [5, 5.41) is 22.9. The lowest BCUT2D eigenvalue weighted by Crippen LogP contribution is -2.47. The van der Waals surface area contributed by atoms with Gasteiger partial charge in [-0.25, -0.2) is 4.79 Å². The molecular weight excluding hydrogens is 414 g/mol. The molecule has 2 aliphatic heterocycles. The lowest BCUT2D eigenvalue weighted by Gasteiger charge is -2.43. The Kier molecular flexibility index (Phi) is 5.83. The number of hydrogen-bond donors (Lipinski definition) is 3. The molecule has 0 radical (unpaired) electrons. The monoisotopic (exact) mass is 443 g/mol. The van der Waals surface area contributed by atoms with Gasteiger partial charge >= 0.3 is 6.03 Å². The highest BCUT2D eigenvalue weighted by molar-refractivity contribution is 6.31. The van der Waals surface area contributed by atoms with Crippen molar-refractivity contribution < 1.29 is 9.90 Å². The maximum absolute atomic E-state index is 12.8. The molecule has 1 fully saturated rings. The number of piperidine rings is 1. The van der Waals surface area contributed by atoms with Gasteiger partial charge in [0, 0.05) is 29.1 Å². The van der Waals surface area contributed by atoms with Gasteiger partial charge in [-0.05, 0) is 55.7 Å². The van der Waals surface area contributed by atoms with Crippen LogP contribution >= 0.6 is 11.6 Å². The van der Waals surface area contributed by atoms with Crippen molar-refractivity contribution in [1.29, 1.82) is 0 Å². The van der Waals surface area contributed by atoms with E-state index in [1.165, 1.54) is 0 Å². The number of H-pyrrole nitrogens is 1. The number of aromatic amines is 1. The number of carbonyl (C=O) groups excluding carboxylic acids is 1. The molecule has 1 aromatic carbocycles. The number of rotatable bonds is 4. The highest BCUT2D eigenvalue weighted by atomic mass is 35.5. The zero-order valence-electron chi connectivity index (χ0n) is 18.5. The van der Waals surface area contributed by atoms with Crippen molar-refractivity contribution >= 4 is 34.2 Å². The summed E-state index contributed by atoms with van der Waals surface area (Å²) in [5.41, 5.74) is 4.03. The van der Waals surface area contributed by atoms with Gasteiger partial charge in [0.25, 0.3) is 0 Å². The number of aliphatic hydroxyl groups is 1. The number of allylic oxidation sites excluding steroid dienone is 1. The number of nitrogens with zero attached hydrogens (tertiary/aromatic N) is 3. The average Bonchev–Trinajstić information content (AvgIpc) is 3.34. The Balaban J connectivity index is 1.44. The number of halogens is 1. The van der Waals surface area contributed by atoms with Gasteiger partial charge in [-0.1, -0.05) is 25.4 Å². The molecule has 31 heavy (non-hydrogen) atoms. The highest BCUT2D eigenvalue weighted by Crippen LogP contribution is 2.46. The molecular formula is C23H30ClN5O2. The van der Waals surface area contributed by atoms with E-state index in [1.54, 1.807) is 6.20 Å². The first-order valence-electron chi connectivity index (χ1n) is 10.8. The molecule has 7 nitrogen and oxygen atoms in total. The summed E-state index contributed by atoms with van der Waals surface area (Å²) in [4.78, 5) is 19.0. The number of benzene rings is 1. The van der Waals surface area contributed by atoms with Crippen LogP contribution in [-0.4, -0.2) is 51.6 Å². The highest BCUT2D eigenvalue weighted by Gasteiger charge is 2.40. The summed E-state index contributed by atoms with van der Waals surface area (Å²) in [7, 11) is 0.